The Balaban J connectivity index is 1.40. The average molecular weight is 453 g/mol. The zero-order valence-electron chi connectivity index (χ0n) is 19.0. The Morgan fingerprint density at radius 2 is 1.76 bits per heavy atom. The zero-order valence-corrected chi connectivity index (χ0v) is 19.0. The Hall–Kier alpha value is -3.73. The van der Waals surface area contributed by atoms with Crippen LogP contribution >= 0.6 is 0 Å². The summed E-state index contributed by atoms with van der Waals surface area (Å²) in [6, 6.07) is 22.1. The van der Waals surface area contributed by atoms with E-state index >= 15 is 0 Å². The Morgan fingerprint density at radius 3 is 2.56 bits per heavy atom. The van der Waals surface area contributed by atoms with Gasteiger partial charge in [0.2, 0.25) is 0 Å². The van der Waals surface area contributed by atoms with E-state index in [4.69, 9.17) is 4.74 Å². The summed E-state index contributed by atoms with van der Waals surface area (Å²) in [6.45, 7) is 0.713. The van der Waals surface area contributed by atoms with Crippen molar-refractivity contribution in [2.75, 3.05) is 11.9 Å². The molecule has 0 amide bonds. The van der Waals surface area contributed by atoms with Gasteiger partial charge in [0.15, 0.2) is 0 Å². The molecule has 0 spiro atoms. The highest BCUT2D eigenvalue weighted by molar-refractivity contribution is 5.97. The lowest BCUT2D eigenvalue weighted by molar-refractivity contribution is 0.0697. The highest BCUT2D eigenvalue weighted by Crippen LogP contribution is 2.44. The van der Waals surface area contributed by atoms with Crippen molar-refractivity contribution in [1.29, 1.82) is 0 Å². The highest BCUT2D eigenvalue weighted by atomic mass is 16.5. The Kier molecular flexibility index (Phi) is 5.25. The van der Waals surface area contributed by atoms with Crippen LogP contribution in [0.25, 0.3) is 22.2 Å². The number of aromatic nitrogens is 1. The largest absolute Gasteiger partial charge is 0.482 e. The minimum atomic E-state index is -0.902. The molecule has 0 saturated heterocycles. The average Bonchev–Trinajstić information content (AvgIpc) is 3.28. The second-order valence-electron chi connectivity index (χ2n) is 9.42. The van der Waals surface area contributed by atoms with Gasteiger partial charge in [0.1, 0.15) is 11.9 Å². The van der Waals surface area contributed by atoms with Gasteiger partial charge in [-0.15, -0.1) is 0 Å². The molecule has 1 saturated carbocycles. The molecule has 3 aromatic carbocycles. The van der Waals surface area contributed by atoms with E-state index in [-0.39, 0.29) is 6.10 Å². The summed E-state index contributed by atoms with van der Waals surface area (Å²) in [6.07, 6.45) is 6.10. The topological polar surface area (TPSA) is 74.3 Å². The number of H-pyrrole nitrogens is 1. The van der Waals surface area contributed by atoms with Crippen molar-refractivity contribution >= 4 is 22.6 Å². The van der Waals surface area contributed by atoms with Gasteiger partial charge in [0.05, 0.1) is 23.5 Å². The van der Waals surface area contributed by atoms with Gasteiger partial charge >= 0.3 is 5.97 Å². The standard InChI is InChI=1S/C29H28N2O3/c32-29(33)21-11-13-22-23(16-21)31-28(27(22)19-9-5-2-6-10-19)20-12-14-25-24(15-20)30-17-26(34-25)18-7-3-1-4-8-18/h1,3-4,7-8,11-16,19,26,30-31H,2,5-6,9-10,17H2,(H,32,33). The van der Waals surface area contributed by atoms with Crippen molar-refractivity contribution in [3.8, 4) is 17.0 Å². The van der Waals surface area contributed by atoms with E-state index in [0.717, 1.165) is 39.2 Å². The van der Waals surface area contributed by atoms with Crippen molar-refractivity contribution < 1.29 is 14.6 Å². The summed E-state index contributed by atoms with van der Waals surface area (Å²) < 4.78 is 6.32. The van der Waals surface area contributed by atoms with Crippen LogP contribution in [-0.2, 0) is 0 Å². The van der Waals surface area contributed by atoms with Crippen LogP contribution in [0.15, 0.2) is 66.7 Å². The lowest BCUT2D eigenvalue weighted by atomic mass is 9.81. The van der Waals surface area contributed by atoms with Crippen molar-refractivity contribution in [1.82, 2.24) is 4.98 Å². The van der Waals surface area contributed by atoms with Crippen molar-refractivity contribution in [3.63, 3.8) is 0 Å². The highest BCUT2D eigenvalue weighted by Gasteiger charge is 2.26. The number of benzene rings is 3. The normalized spacial score (nSPS) is 18.2. The molecule has 2 aliphatic rings. The summed E-state index contributed by atoms with van der Waals surface area (Å²) in [5.74, 6) is 0.434. The lowest BCUT2D eigenvalue weighted by Gasteiger charge is -2.28. The summed E-state index contributed by atoms with van der Waals surface area (Å²) >= 11 is 0. The van der Waals surface area contributed by atoms with Crippen molar-refractivity contribution in [2.45, 2.75) is 44.1 Å². The molecule has 5 nitrogen and oxygen atoms in total. The number of nitrogens with one attached hydrogen (secondary N) is 2. The van der Waals surface area contributed by atoms with Crippen molar-refractivity contribution in [3.05, 3.63) is 83.4 Å². The molecule has 0 radical (unpaired) electrons. The van der Waals surface area contributed by atoms with Gasteiger partial charge in [-0.25, -0.2) is 4.79 Å². The first-order valence-electron chi connectivity index (χ1n) is 12.2. The fraction of sp³-hybridized carbons (Fsp3) is 0.276. The smallest absolute Gasteiger partial charge is 0.335 e. The van der Waals surface area contributed by atoms with E-state index in [1.165, 1.54) is 37.7 Å². The van der Waals surface area contributed by atoms with Gasteiger partial charge in [0.25, 0.3) is 0 Å². The van der Waals surface area contributed by atoms with Crippen LogP contribution in [0.2, 0.25) is 0 Å². The first-order chi connectivity index (χ1) is 16.7. The fourth-order valence-corrected chi connectivity index (χ4v) is 5.57. The molecule has 1 atom stereocenters. The van der Waals surface area contributed by atoms with E-state index < -0.39 is 5.97 Å². The molecule has 1 aliphatic carbocycles. The van der Waals surface area contributed by atoms with E-state index in [1.807, 2.05) is 30.3 Å². The molecule has 0 bridgehead atoms. The minimum Gasteiger partial charge on any atom is -0.482 e. The number of rotatable bonds is 4. The first-order valence-corrected chi connectivity index (χ1v) is 12.2. The Labute approximate surface area is 198 Å². The van der Waals surface area contributed by atoms with Crippen LogP contribution in [0.3, 0.4) is 0 Å². The molecular weight excluding hydrogens is 424 g/mol. The number of carboxylic acids is 1. The van der Waals surface area contributed by atoms with E-state index in [1.54, 1.807) is 12.1 Å². The Bertz CT molecular complexity index is 1350. The molecule has 1 fully saturated rings. The number of hydrogen-bond donors (Lipinski definition) is 3. The number of ether oxygens (including phenoxy) is 1. The molecule has 1 unspecified atom stereocenters. The molecule has 5 heteroatoms. The van der Waals surface area contributed by atoms with E-state index in [9.17, 15) is 9.90 Å². The maximum absolute atomic E-state index is 11.6. The van der Waals surface area contributed by atoms with Crippen LogP contribution < -0.4 is 10.1 Å². The van der Waals surface area contributed by atoms with Crippen LogP contribution in [0, 0.1) is 0 Å². The molecule has 4 aromatic rings. The molecule has 172 valence electrons. The molecule has 3 N–H and O–H groups in total. The molecule has 1 aliphatic heterocycles. The van der Waals surface area contributed by atoms with Gasteiger partial charge < -0.3 is 20.1 Å². The van der Waals surface area contributed by atoms with E-state index in [2.05, 4.69) is 34.6 Å². The number of fused-ring (bicyclic) bond motifs is 2. The lowest BCUT2D eigenvalue weighted by Crippen LogP contribution is -2.23. The summed E-state index contributed by atoms with van der Waals surface area (Å²) in [7, 11) is 0. The van der Waals surface area contributed by atoms with Gasteiger partial charge in [-0.2, -0.15) is 0 Å². The predicted molar refractivity (Wildman–Crippen MR) is 135 cm³/mol. The van der Waals surface area contributed by atoms with Gasteiger partial charge in [0, 0.05) is 16.5 Å². The number of anilines is 1. The maximum Gasteiger partial charge on any atom is 0.335 e. The van der Waals surface area contributed by atoms with Gasteiger partial charge in [-0.1, -0.05) is 55.7 Å². The number of aromatic carboxylic acids is 1. The summed E-state index contributed by atoms with van der Waals surface area (Å²) in [5, 5.41) is 14.2. The van der Waals surface area contributed by atoms with Crippen LogP contribution in [0.4, 0.5) is 5.69 Å². The quantitative estimate of drug-likeness (QED) is 0.308. The third-order valence-corrected chi connectivity index (χ3v) is 7.29. The van der Waals surface area contributed by atoms with Crippen LogP contribution in [0.1, 0.15) is 65.6 Å². The zero-order chi connectivity index (χ0) is 23.1. The fourth-order valence-electron chi connectivity index (χ4n) is 5.57. The molecule has 6 rings (SSSR count). The minimum absolute atomic E-state index is 0.0140. The molecule has 34 heavy (non-hydrogen) atoms. The third kappa shape index (κ3) is 3.71. The second kappa shape index (κ2) is 8.56. The predicted octanol–water partition coefficient (Wildman–Crippen LogP) is 7.13. The van der Waals surface area contributed by atoms with Crippen LogP contribution in [-0.4, -0.2) is 22.6 Å². The van der Waals surface area contributed by atoms with Gasteiger partial charge in [-0.3, -0.25) is 0 Å². The summed E-state index contributed by atoms with van der Waals surface area (Å²) in [4.78, 5) is 15.1. The number of aromatic amines is 1. The van der Waals surface area contributed by atoms with Crippen LogP contribution in [0.5, 0.6) is 5.75 Å². The third-order valence-electron chi connectivity index (χ3n) is 7.29. The van der Waals surface area contributed by atoms with E-state index in [0.29, 0.717) is 18.0 Å². The Morgan fingerprint density at radius 1 is 0.941 bits per heavy atom. The number of carboxylic acid groups (broad SMARTS) is 1. The van der Waals surface area contributed by atoms with Crippen molar-refractivity contribution in [2.24, 2.45) is 0 Å². The van der Waals surface area contributed by atoms with Gasteiger partial charge in [-0.05, 0) is 60.2 Å². The first kappa shape index (κ1) is 20.8. The molecular formula is C29H28N2O3. The molecule has 1 aromatic heterocycles. The summed E-state index contributed by atoms with van der Waals surface area (Å²) in [5.41, 5.74) is 6.87. The SMILES string of the molecule is O=C(O)c1ccc2c(C3CCCCC3)c(-c3ccc4c(c3)NCC(c3ccccc3)O4)[nH]c2c1. The number of hydrogen-bond acceptors (Lipinski definition) is 3. The molecule has 2 heterocycles. The maximum atomic E-state index is 11.6. The second-order valence-corrected chi connectivity index (χ2v) is 9.42. The number of carbonyl (C=O) groups is 1. The monoisotopic (exact) mass is 452 g/mol.